The molecule has 4 heteroatoms. The molecule has 0 aliphatic carbocycles. The highest BCUT2D eigenvalue weighted by Crippen LogP contribution is 2.19. The maximum Gasteiger partial charge on any atom is 0.409 e. The third-order valence-corrected chi connectivity index (χ3v) is 5.52. The predicted molar refractivity (Wildman–Crippen MR) is 80.9 cm³/mol. The molecule has 0 saturated carbocycles. The first kappa shape index (κ1) is 18.1. The third-order valence-electron chi connectivity index (χ3n) is 3.25. The molecule has 0 aliphatic rings. The molecule has 0 atom stereocenters. The Labute approximate surface area is 116 Å². The van der Waals surface area contributed by atoms with Crippen LogP contribution in [0.4, 0.5) is 0 Å². The molecular formula is C14H33NO2Si. The lowest BCUT2D eigenvalue weighted by Gasteiger charge is -2.35. The average molecular weight is 276 g/mol. The van der Waals surface area contributed by atoms with Gasteiger partial charge in [-0.15, -0.1) is 0 Å². The van der Waals surface area contributed by atoms with Gasteiger partial charge in [0.05, 0.1) is 11.2 Å². The van der Waals surface area contributed by atoms with Crippen molar-refractivity contribution in [2.45, 2.75) is 79.4 Å². The van der Waals surface area contributed by atoms with E-state index in [9.17, 15) is 0 Å². The van der Waals surface area contributed by atoms with Crippen LogP contribution >= 0.6 is 0 Å². The lowest BCUT2D eigenvalue weighted by atomic mass is 10.1. The van der Waals surface area contributed by atoms with Crippen molar-refractivity contribution < 1.29 is 8.85 Å². The molecule has 0 aliphatic heterocycles. The smallest absolute Gasteiger partial charge is 0.380 e. The summed E-state index contributed by atoms with van der Waals surface area (Å²) >= 11 is 0. The van der Waals surface area contributed by atoms with Crippen molar-refractivity contribution in [3.8, 4) is 0 Å². The van der Waals surface area contributed by atoms with E-state index >= 15 is 0 Å². The zero-order valence-corrected chi connectivity index (χ0v) is 14.7. The average Bonchev–Trinajstić information content (AvgIpc) is 2.25. The number of rotatable bonds is 9. The van der Waals surface area contributed by atoms with Crippen molar-refractivity contribution in [3.63, 3.8) is 0 Å². The Bertz CT molecular complexity index is 212. The summed E-state index contributed by atoms with van der Waals surface area (Å²) in [7, 11) is -1.83. The molecule has 110 valence electrons. The highest BCUT2D eigenvalue weighted by molar-refractivity contribution is 6.41. The second-order valence-corrected chi connectivity index (χ2v) is 8.14. The fourth-order valence-corrected chi connectivity index (χ4v) is 3.56. The SMILES string of the molecule is CCC(C)(C)O[SiH](NCC(C)C)OC(C)(C)CC. The summed E-state index contributed by atoms with van der Waals surface area (Å²) in [5, 5.41) is 0. The Balaban J connectivity index is 4.52. The van der Waals surface area contributed by atoms with Crippen LogP contribution in [0.5, 0.6) is 0 Å². The van der Waals surface area contributed by atoms with Crippen LogP contribution in [0, 0.1) is 5.92 Å². The van der Waals surface area contributed by atoms with E-state index in [2.05, 4.69) is 60.4 Å². The molecule has 0 bridgehead atoms. The Morgan fingerprint density at radius 2 is 1.33 bits per heavy atom. The van der Waals surface area contributed by atoms with Crippen LogP contribution in [0.1, 0.15) is 68.2 Å². The van der Waals surface area contributed by atoms with Crippen LogP contribution < -0.4 is 4.98 Å². The Hall–Kier alpha value is 0.0969. The summed E-state index contributed by atoms with van der Waals surface area (Å²) < 4.78 is 12.4. The lowest BCUT2D eigenvalue weighted by molar-refractivity contribution is 0.00800. The molecule has 0 radical (unpaired) electrons. The molecule has 0 spiro atoms. The molecule has 3 nitrogen and oxygen atoms in total. The van der Waals surface area contributed by atoms with E-state index in [0.717, 1.165) is 19.4 Å². The normalized spacial score (nSPS) is 13.7. The van der Waals surface area contributed by atoms with Gasteiger partial charge in [0.2, 0.25) is 0 Å². The second-order valence-electron chi connectivity index (χ2n) is 6.60. The van der Waals surface area contributed by atoms with Crippen LogP contribution in [0.25, 0.3) is 0 Å². The van der Waals surface area contributed by atoms with Gasteiger partial charge in [-0.3, -0.25) is 4.98 Å². The molecule has 0 aromatic rings. The van der Waals surface area contributed by atoms with Crippen LogP contribution in [-0.2, 0) is 8.85 Å². The monoisotopic (exact) mass is 275 g/mol. The maximum absolute atomic E-state index is 6.18. The summed E-state index contributed by atoms with van der Waals surface area (Å²) in [5.74, 6) is 0.613. The van der Waals surface area contributed by atoms with Crippen molar-refractivity contribution in [3.05, 3.63) is 0 Å². The first-order valence-corrected chi connectivity index (χ1v) is 8.73. The molecule has 1 N–H and O–H groups in total. The van der Waals surface area contributed by atoms with Gasteiger partial charge in [0.25, 0.3) is 0 Å². The highest BCUT2D eigenvalue weighted by atomic mass is 28.3. The van der Waals surface area contributed by atoms with Crippen molar-refractivity contribution >= 4 is 9.45 Å². The Morgan fingerprint density at radius 3 is 1.61 bits per heavy atom. The van der Waals surface area contributed by atoms with Crippen molar-refractivity contribution in [2.75, 3.05) is 6.54 Å². The van der Waals surface area contributed by atoms with Gasteiger partial charge in [0.15, 0.2) is 0 Å². The summed E-state index contributed by atoms with van der Waals surface area (Å²) in [6.45, 7) is 18.2. The van der Waals surface area contributed by atoms with Gasteiger partial charge in [-0.05, 0) is 53.0 Å². The number of nitrogens with one attached hydrogen (secondary N) is 1. The molecule has 0 amide bonds. The maximum atomic E-state index is 6.18. The van der Waals surface area contributed by atoms with Crippen molar-refractivity contribution in [1.82, 2.24) is 4.98 Å². The number of hydrogen-bond acceptors (Lipinski definition) is 3. The molecule has 0 heterocycles. The molecular weight excluding hydrogens is 242 g/mol. The quantitative estimate of drug-likeness (QED) is 0.655. The minimum atomic E-state index is -1.83. The Kier molecular flexibility index (Phi) is 7.67. The second kappa shape index (κ2) is 7.63. The minimum Gasteiger partial charge on any atom is -0.380 e. The molecule has 0 aromatic carbocycles. The van der Waals surface area contributed by atoms with Gasteiger partial charge >= 0.3 is 9.45 Å². The van der Waals surface area contributed by atoms with Crippen LogP contribution in [0.15, 0.2) is 0 Å². The molecule has 18 heavy (non-hydrogen) atoms. The lowest BCUT2D eigenvalue weighted by Crippen LogP contribution is -2.50. The van der Waals surface area contributed by atoms with Crippen molar-refractivity contribution in [1.29, 1.82) is 0 Å². The first-order valence-electron chi connectivity index (χ1n) is 7.21. The number of hydrogen-bond donors (Lipinski definition) is 1. The molecule has 0 rings (SSSR count). The summed E-state index contributed by atoms with van der Waals surface area (Å²) in [6.07, 6.45) is 1.99. The minimum absolute atomic E-state index is 0.106. The van der Waals surface area contributed by atoms with E-state index in [1.807, 2.05) is 0 Å². The predicted octanol–water partition coefficient (Wildman–Crippen LogP) is 3.36. The fourth-order valence-electron chi connectivity index (χ4n) is 1.19. The summed E-state index contributed by atoms with van der Waals surface area (Å²) in [6, 6.07) is 0. The van der Waals surface area contributed by atoms with Crippen LogP contribution in [0.3, 0.4) is 0 Å². The first-order chi connectivity index (χ1) is 8.12. The molecule has 0 fully saturated rings. The van der Waals surface area contributed by atoms with Crippen LogP contribution in [-0.4, -0.2) is 27.2 Å². The van der Waals surface area contributed by atoms with E-state index < -0.39 is 9.45 Å². The van der Waals surface area contributed by atoms with E-state index in [-0.39, 0.29) is 11.2 Å². The largest absolute Gasteiger partial charge is 0.409 e. The zero-order valence-electron chi connectivity index (χ0n) is 13.6. The van der Waals surface area contributed by atoms with Gasteiger partial charge in [-0.25, -0.2) is 0 Å². The van der Waals surface area contributed by atoms with Crippen LogP contribution in [0.2, 0.25) is 0 Å². The highest BCUT2D eigenvalue weighted by Gasteiger charge is 2.29. The molecule has 0 aromatic heterocycles. The van der Waals surface area contributed by atoms with E-state index in [1.54, 1.807) is 0 Å². The zero-order chi connectivity index (χ0) is 14.4. The van der Waals surface area contributed by atoms with Gasteiger partial charge in [-0.1, -0.05) is 27.7 Å². The van der Waals surface area contributed by atoms with E-state index in [0.29, 0.717) is 5.92 Å². The van der Waals surface area contributed by atoms with Gasteiger partial charge in [0, 0.05) is 0 Å². The van der Waals surface area contributed by atoms with Gasteiger partial charge < -0.3 is 8.85 Å². The van der Waals surface area contributed by atoms with Gasteiger partial charge in [0.1, 0.15) is 0 Å². The third kappa shape index (κ3) is 8.24. The van der Waals surface area contributed by atoms with E-state index in [1.165, 1.54) is 0 Å². The van der Waals surface area contributed by atoms with E-state index in [4.69, 9.17) is 8.85 Å². The Morgan fingerprint density at radius 1 is 0.944 bits per heavy atom. The topological polar surface area (TPSA) is 30.5 Å². The summed E-state index contributed by atoms with van der Waals surface area (Å²) in [4.78, 5) is 3.49. The fraction of sp³-hybridized carbons (Fsp3) is 1.00. The van der Waals surface area contributed by atoms with Crippen molar-refractivity contribution in [2.24, 2.45) is 5.92 Å². The standard InChI is InChI=1S/C14H33NO2Si/c1-9-13(5,6)16-18(15-11-12(3)4)17-14(7,8)10-2/h12,15,18H,9-11H2,1-8H3. The summed E-state index contributed by atoms with van der Waals surface area (Å²) in [5.41, 5.74) is -0.213. The molecule has 0 unspecified atom stereocenters. The van der Waals surface area contributed by atoms with Gasteiger partial charge in [-0.2, -0.15) is 0 Å². The molecule has 0 saturated heterocycles.